The molecule has 96 valence electrons. The number of hydrogen-bond donors (Lipinski definition) is 1. The van der Waals surface area contributed by atoms with Crippen molar-refractivity contribution in [3.8, 4) is 0 Å². The maximum absolute atomic E-state index is 11.5. The van der Waals surface area contributed by atoms with Crippen LogP contribution in [0.3, 0.4) is 0 Å². The average Bonchev–Trinajstić information content (AvgIpc) is 2.55. The summed E-state index contributed by atoms with van der Waals surface area (Å²) in [4.78, 5) is 24.2. The van der Waals surface area contributed by atoms with Crippen LogP contribution in [0.25, 0.3) is 10.5 Å². The Morgan fingerprint density at radius 2 is 2.17 bits per heavy atom. The molecule has 0 saturated heterocycles. The molecule has 0 radical (unpaired) electrons. The number of nitrogens with zero attached hydrogens (tertiary/aromatic N) is 3. The molecular formula is C10H11ClN4O2S. The Morgan fingerprint density at radius 1 is 1.44 bits per heavy atom. The third-order valence-corrected chi connectivity index (χ3v) is 2.74. The number of fused-ring (bicyclic) bond motifs is 1. The standard InChI is InChI=1S/C10H11ClN4O2S/c1-10(2,3)17-9(16)15-8-14-6-7(18-8)13-5(11)4-12-6/h4H,1-3H3,(H,12,14,15,16). The zero-order valence-electron chi connectivity index (χ0n) is 10.0. The van der Waals surface area contributed by atoms with E-state index in [1.165, 1.54) is 17.5 Å². The lowest BCUT2D eigenvalue weighted by atomic mass is 10.2. The minimum atomic E-state index is -0.562. The molecule has 18 heavy (non-hydrogen) atoms. The van der Waals surface area contributed by atoms with Gasteiger partial charge in [0.15, 0.2) is 15.6 Å². The maximum atomic E-state index is 11.5. The monoisotopic (exact) mass is 286 g/mol. The number of thiazole rings is 1. The molecule has 1 N–H and O–H groups in total. The van der Waals surface area contributed by atoms with E-state index in [4.69, 9.17) is 16.3 Å². The summed E-state index contributed by atoms with van der Waals surface area (Å²) in [5, 5.41) is 3.19. The number of hydrogen-bond acceptors (Lipinski definition) is 6. The van der Waals surface area contributed by atoms with Crippen molar-refractivity contribution in [1.29, 1.82) is 0 Å². The van der Waals surface area contributed by atoms with Crippen molar-refractivity contribution in [3.63, 3.8) is 0 Å². The summed E-state index contributed by atoms with van der Waals surface area (Å²) in [5.41, 5.74) is -0.115. The zero-order chi connectivity index (χ0) is 13.3. The van der Waals surface area contributed by atoms with Crippen LogP contribution in [0.4, 0.5) is 9.93 Å². The Morgan fingerprint density at radius 3 is 2.83 bits per heavy atom. The molecule has 0 bridgehead atoms. The largest absolute Gasteiger partial charge is 0.444 e. The number of rotatable bonds is 1. The van der Waals surface area contributed by atoms with Crippen LogP contribution >= 0.6 is 22.9 Å². The molecular weight excluding hydrogens is 276 g/mol. The third kappa shape index (κ3) is 3.27. The highest BCUT2D eigenvalue weighted by Gasteiger charge is 2.17. The van der Waals surface area contributed by atoms with Crippen molar-refractivity contribution in [1.82, 2.24) is 15.0 Å². The molecule has 0 atom stereocenters. The Bertz CT molecular complexity index is 593. The van der Waals surface area contributed by atoms with Gasteiger partial charge in [-0.1, -0.05) is 22.9 Å². The molecule has 2 aromatic heterocycles. The number of carbonyl (C=O) groups is 1. The van der Waals surface area contributed by atoms with Crippen LogP contribution in [0, 0.1) is 0 Å². The van der Waals surface area contributed by atoms with Gasteiger partial charge in [0.2, 0.25) is 0 Å². The fraction of sp³-hybridized carbons (Fsp3) is 0.400. The van der Waals surface area contributed by atoms with Crippen LogP contribution in [-0.2, 0) is 4.74 Å². The van der Waals surface area contributed by atoms with Crippen molar-refractivity contribution in [3.05, 3.63) is 11.3 Å². The van der Waals surface area contributed by atoms with E-state index in [1.807, 2.05) is 0 Å². The average molecular weight is 287 g/mol. The minimum absolute atomic E-state index is 0.287. The summed E-state index contributed by atoms with van der Waals surface area (Å²) in [6.45, 7) is 5.36. The van der Waals surface area contributed by atoms with Crippen molar-refractivity contribution in [2.45, 2.75) is 26.4 Å². The smallest absolute Gasteiger partial charge is 0.413 e. The quantitative estimate of drug-likeness (QED) is 0.871. The minimum Gasteiger partial charge on any atom is -0.444 e. The first kappa shape index (κ1) is 13.0. The molecule has 0 unspecified atom stereocenters. The lowest BCUT2D eigenvalue weighted by Gasteiger charge is -2.18. The fourth-order valence-corrected chi connectivity index (χ4v) is 2.11. The van der Waals surface area contributed by atoms with Gasteiger partial charge in [-0.15, -0.1) is 0 Å². The molecule has 0 fully saturated rings. The van der Waals surface area contributed by atoms with Gasteiger partial charge >= 0.3 is 6.09 Å². The molecule has 2 heterocycles. The molecule has 8 heteroatoms. The predicted molar refractivity (Wildman–Crippen MR) is 70.1 cm³/mol. The van der Waals surface area contributed by atoms with Crippen molar-refractivity contribution < 1.29 is 9.53 Å². The first-order valence-electron chi connectivity index (χ1n) is 5.12. The number of aromatic nitrogens is 3. The summed E-state index contributed by atoms with van der Waals surface area (Å²) >= 11 is 6.90. The van der Waals surface area contributed by atoms with Gasteiger partial charge in [0.1, 0.15) is 10.8 Å². The number of ether oxygens (including phenoxy) is 1. The Balaban J connectivity index is 2.15. The van der Waals surface area contributed by atoms with E-state index in [0.29, 0.717) is 15.6 Å². The molecule has 1 amide bonds. The van der Waals surface area contributed by atoms with Crippen molar-refractivity contribution in [2.24, 2.45) is 0 Å². The predicted octanol–water partition coefficient (Wildman–Crippen LogP) is 3.09. The van der Waals surface area contributed by atoms with Crippen LogP contribution in [-0.4, -0.2) is 26.6 Å². The van der Waals surface area contributed by atoms with Gasteiger partial charge in [-0.25, -0.2) is 14.8 Å². The topological polar surface area (TPSA) is 77.0 Å². The summed E-state index contributed by atoms with van der Waals surface area (Å²) < 4.78 is 5.11. The van der Waals surface area contributed by atoms with E-state index in [1.54, 1.807) is 20.8 Å². The summed E-state index contributed by atoms with van der Waals surface area (Å²) in [6.07, 6.45) is 0.841. The van der Waals surface area contributed by atoms with Crippen molar-refractivity contribution in [2.75, 3.05) is 5.32 Å². The van der Waals surface area contributed by atoms with Gasteiger partial charge in [-0.2, -0.15) is 4.98 Å². The van der Waals surface area contributed by atoms with Gasteiger partial charge in [-0.05, 0) is 20.8 Å². The molecule has 2 rings (SSSR count). The van der Waals surface area contributed by atoms with E-state index in [-0.39, 0.29) is 5.15 Å². The molecule has 6 nitrogen and oxygen atoms in total. The second-order valence-corrected chi connectivity index (χ2v) is 5.83. The molecule has 0 aromatic carbocycles. The van der Waals surface area contributed by atoms with E-state index in [9.17, 15) is 4.79 Å². The second-order valence-electron chi connectivity index (χ2n) is 4.47. The van der Waals surface area contributed by atoms with E-state index < -0.39 is 11.7 Å². The first-order chi connectivity index (χ1) is 8.33. The Labute approximate surface area is 112 Å². The maximum Gasteiger partial charge on any atom is 0.413 e. The SMILES string of the molecule is CC(C)(C)OC(=O)Nc1nc2ncc(Cl)nc2s1. The van der Waals surface area contributed by atoms with Gasteiger partial charge < -0.3 is 4.74 Å². The van der Waals surface area contributed by atoms with Crippen LogP contribution in [0.2, 0.25) is 5.15 Å². The number of anilines is 1. The summed E-state index contributed by atoms with van der Waals surface area (Å²) in [5.74, 6) is 0. The normalized spacial score (nSPS) is 11.6. The van der Waals surface area contributed by atoms with Gasteiger partial charge in [0.25, 0.3) is 0 Å². The molecule has 2 aromatic rings. The van der Waals surface area contributed by atoms with Gasteiger partial charge in [0.05, 0.1) is 6.20 Å². The molecule has 0 aliphatic rings. The molecule has 0 saturated carbocycles. The number of nitrogens with one attached hydrogen (secondary N) is 1. The second kappa shape index (κ2) is 4.66. The van der Waals surface area contributed by atoms with Crippen molar-refractivity contribution >= 4 is 44.6 Å². The zero-order valence-corrected chi connectivity index (χ0v) is 11.6. The van der Waals surface area contributed by atoms with Crippen LogP contribution in [0.15, 0.2) is 6.20 Å². The Kier molecular flexibility index (Phi) is 3.36. The molecule has 0 aliphatic heterocycles. The number of carbonyl (C=O) groups excluding carboxylic acids is 1. The van der Waals surface area contributed by atoms with E-state index in [2.05, 4.69) is 20.3 Å². The first-order valence-corrected chi connectivity index (χ1v) is 6.32. The summed E-state index contributed by atoms with van der Waals surface area (Å²) in [6, 6.07) is 0. The molecule has 0 spiro atoms. The van der Waals surface area contributed by atoms with Crippen LogP contribution in [0.5, 0.6) is 0 Å². The Hall–Kier alpha value is -1.47. The number of halogens is 1. The van der Waals surface area contributed by atoms with Crippen LogP contribution in [0.1, 0.15) is 20.8 Å². The van der Waals surface area contributed by atoms with Crippen LogP contribution < -0.4 is 5.32 Å². The van der Waals surface area contributed by atoms with E-state index >= 15 is 0 Å². The molecule has 0 aliphatic carbocycles. The van der Waals surface area contributed by atoms with Gasteiger partial charge in [0, 0.05) is 0 Å². The summed E-state index contributed by atoms with van der Waals surface area (Å²) in [7, 11) is 0. The lowest BCUT2D eigenvalue weighted by molar-refractivity contribution is 0.0636. The lowest BCUT2D eigenvalue weighted by Crippen LogP contribution is -2.27. The number of amides is 1. The van der Waals surface area contributed by atoms with Gasteiger partial charge in [-0.3, -0.25) is 5.32 Å². The third-order valence-electron chi connectivity index (χ3n) is 1.70. The fourth-order valence-electron chi connectivity index (χ4n) is 1.15. The highest BCUT2D eigenvalue weighted by Crippen LogP contribution is 2.24. The highest BCUT2D eigenvalue weighted by molar-refractivity contribution is 7.21. The highest BCUT2D eigenvalue weighted by atomic mass is 35.5. The van der Waals surface area contributed by atoms with E-state index in [0.717, 1.165) is 0 Å².